The van der Waals surface area contributed by atoms with Crippen molar-refractivity contribution in [3.63, 3.8) is 0 Å². The van der Waals surface area contributed by atoms with Gasteiger partial charge in [-0.25, -0.2) is 0 Å². The van der Waals surface area contributed by atoms with Gasteiger partial charge in [-0.2, -0.15) is 0 Å². The minimum absolute atomic E-state index is 0.429. The minimum Gasteiger partial charge on any atom is -0.0651 e. The van der Waals surface area contributed by atoms with Gasteiger partial charge >= 0.3 is 0 Å². The molecule has 0 radical (unpaired) electrons. The Morgan fingerprint density at radius 2 is 1.47 bits per heavy atom. The minimum atomic E-state index is 0.429. The highest BCUT2D eigenvalue weighted by Crippen LogP contribution is 2.65. The molecule has 0 spiro atoms. The Bertz CT molecular complexity index is 289. The molecule has 1 unspecified atom stereocenters. The zero-order valence-electron chi connectivity index (χ0n) is 13.1. The van der Waals surface area contributed by atoms with Gasteiger partial charge in [0.15, 0.2) is 0 Å². The Hall–Kier alpha value is 0. The van der Waals surface area contributed by atoms with Crippen LogP contribution < -0.4 is 0 Å². The van der Waals surface area contributed by atoms with E-state index in [2.05, 4.69) is 48.5 Å². The van der Waals surface area contributed by atoms with Crippen molar-refractivity contribution in [3.05, 3.63) is 0 Å². The average molecular weight is 236 g/mol. The van der Waals surface area contributed by atoms with Crippen LogP contribution in [-0.2, 0) is 0 Å². The largest absolute Gasteiger partial charge is 0.0651 e. The van der Waals surface area contributed by atoms with Crippen molar-refractivity contribution >= 4 is 0 Å². The Labute approximate surface area is 109 Å². The summed E-state index contributed by atoms with van der Waals surface area (Å²) in [5, 5.41) is 0. The highest BCUT2D eigenvalue weighted by Gasteiger charge is 2.57. The van der Waals surface area contributed by atoms with E-state index in [-0.39, 0.29) is 0 Å². The number of rotatable bonds is 1. The molecule has 3 aliphatic carbocycles. The molecule has 2 bridgehead atoms. The maximum Gasteiger partial charge on any atom is -0.0249 e. The van der Waals surface area contributed by atoms with E-state index in [1.807, 2.05) is 0 Å². The maximum atomic E-state index is 2.54. The first-order chi connectivity index (χ1) is 7.63. The first kappa shape index (κ1) is 13.4. The van der Waals surface area contributed by atoms with E-state index in [4.69, 9.17) is 0 Å². The fourth-order valence-electron chi connectivity index (χ4n) is 5.03. The standard InChI is InChI=1S/C17H32/c1-8-14-13-9-12(10-13)11-15(2,3)17(6,7)16(14,4)5/h12-14H,8-11H2,1-7H3. The van der Waals surface area contributed by atoms with Gasteiger partial charge in [-0.15, -0.1) is 0 Å². The van der Waals surface area contributed by atoms with Crippen LogP contribution in [0.5, 0.6) is 0 Å². The fraction of sp³-hybridized carbons (Fsp3) is 1.00. The van der Waals surface area contributed by atoms with Crippen LogP contribution >= 0.6 is 0 Å². The molecule has 3 fully saturated rings. The molecule has 0 saturated heterocycles. The van der Waals surface area contributed by atoms with Crippen LogP contribution in [0.25, 0.3) is 0 Å². The van der Waals surface area contributed by atoms with Crippen molar-refractivity contribution in [1.82, 2.24) is 0 Å². The zero-order chi connectivity index (χ0) is 13.1. The summed E-state index contributed by atoms with van der Waals surface area (Å²) < 4.78 is 0. The Balaban J connectivity index is 2.41. The van der Waals surface area contributed by atoms with Crippen LogP contribution in [0, 0.1) is 34.0 Å². The summed E-state index contributed by atoms with van der Waals surface area (Å²) >= 11 is 0. The van der Waals surface area contributed by atoms with Gasteiger partial charge in [0.05, 0.1) is 0 Å². The molecule has 0 aromatic heterocycles. The van der Waals surface area contributed by atoms with Gasteiger partial charge in [0, 0.05) is 0 Å². The molecule has 0 aromatic carbocycles. The zero-order valence-corrected chi connectivity index (χ0v) is 13.1. The second-order valence-corrected chi connectivity index (χ2v) is 8.55. The van der Waals surface area contributed by atoms with Crippen LogP contribution in [0.15, 0.2) is 0 Å². The average Bonchev–Trinajstić information content (AvgIpc) is 2.12. The molecule has 3 rings (SSSR count). The van der Waals surface area contributed by atoms with Gasteiger partial charge in [0.1, 0.15) is 0 Å². The van der Waals surface area contributed by atoms with Gasteiger partial charge in [-0.1, -0.05) is 54.9 Å². The summed E-state index contributed by atoms with van der Waals surface area (Å²) in [6.45, 7) is 17.6. The lowest BCUT2D eigenvalue weighted by atomic mass is 9.42. The summed E-state index contributed by atoms with van der Waals surface area (Å²) in [6, 6.07) is 0. The fourth-order valence-corrected chi connectivity index (χ4v) is 5.03. The van der Waals surface area contributed by atoms with E-state index in [1.165, 1.54) is 25.7 Å². The molecular formula is C17H32. The first-order valence-corrected chi connectivity index (χ1v) is 7.63. The van der Waals surface area contributed by atoms with Crippen molar-refractivity contribution in [2.45, 2.75) is 74.1 Å². The van der Waals surface area contributed by atoms with Gasteiger partial charge < -0.3 is 0 Å². The highest BCUT2D eigenvalue weighted by atomic mass is 14.6. The molecule has 0 aliphatic heterocycles. The Morgan fingerprint density at radius 1 is 0.941 bits per heavy atom. The van der Waals surface area contributed by atoms with Crippen LogP contribution in [0.4, 0.5) is 0 Å². The summed E-state index contributed by atoms with van der Waals surface area (Å²) in [7, 11) is 0. The lowest BCUT2D eigenvalue weighted by molar-refractivity contribution is -0.138. The third kappa shape index (κ3) is 1.70. The molecule has 3 saturated carbocycles. The summed E-state index contributed by atoms with van der Waals surface area (Å²) in [6.07, 6.45) is 5.84. The summed E-state index contributed by atoms with van der Waals surface area (Å²) in [5.41, 5.74) is 1.36. The molecule has 100 valence electrons. The molecule has 0 nitrogen and oxygen atoms in total. The molecular weight excluding hydrogens is 204 g/mol. The van der Waals surface area contributed by atoms with Crippen LogP contribution in [0.3, 0.4) is 0 Å². The first-order valence-electron chi connectivity index (χ1n) is 7.63. The Kier molecular flexibility index (Phi) is 2.96. The van der Waals surface area contributed by atoms with E-state index < -0.39 is 0 Å². The molecule has 17 heavy (non-hydrogen) atoms. The smallest absolute Gasteiger partial charge is 0.0249 e. The highest BCUT2D eigenvalue weighted by molar-refractivity contribution is 5.06. The molecule has 0 heterocycles. The van der Waals surface area contributed by atoms with E-state index in [1.54, 1.807) is 0 Å². The third-order valence-electron chi connectivity index (χ3n) is 7.31. The van der Waals surface area contributed by atoms with Crippen LogP contribution in [-0.4, -0.2) is 0 Å². The van der Waals surface area contributed by atoms with Gasteiger partial charge in [-0.05, 0) is 53.3 Å². The SMILES string of the molecule is CCC1C2CC(C2)CC(C)(C)C(C)(C)C1(C)C. The van der Waals surface area contributed by atoms with E-state index in [0.29, 0.717) is 16.2 Å². The summed E-state index contributed by atoms with van der Waals surface area (Å²) in [4.78, 5) is 0. The number of fused-ring (bicyclic) bond motifs is 4. The lowest BCUT2D eigenvalue weighted by Crippen LogP contribution is -2.55. The molecule has 0 amide bonds. The Morgan fingerprint density at radius 3 is 1.94 bits per heavy atom. The van der Waals surface area contributed by atoms with Crippen LogP contribution in [0.2, 0.25) is 0 Å². The molecule has 0 heteroatoms. The molecule has 3 aliphatic rings. The maximum absolute atomic E-state index is 2.54. The second-order valence-electron chi connectivity index (χ2n) is 8.55. The van der Waals surface area contributed by atoms with Crippen molar-refractivity contribution in [2.24, 2.45) is 34.0 Å². The number of hydrogen-bond acceptors (Lipinski definition) is 0. The predicted molar refractivity (Wildman–Crippen MR) is 76.0 cm³/mol. The van der Waals surface area contributed by atoms with Crippen molar-refractivity contribution < 1.29 is 0 Å². The normalized spacial score (nSPS) is 42.2. The van der Waals surface area contributed by atoms with Crippen LogP contribution in [0.1, 0.15) is 74.1 Å². The van der Waals surface area contributed by atoms with Gasteiger partial charge in [-0.3, -0.25) is 0 Å². The van der Waals surface area contributed by atoms with Gasteiger partial charge in [0.2, 0.25) is 0 Å². The van der Waals surface area contributed by atoms with Crippen molar-refractivity contribution in [2.75, 3.05) is 0 Å². The lowest BCUT2D eigenvalue weighted by Gasteiger charge is -2.63. The monoisotopic (exact) mass is 236 g/mol. The molecule has 1 atom stereocenters. The predicted octanol–water partition coefficient (Wildman–Crippen LogP) is 5.52. The molecule has 0 aromatic rings. The van der Waals surface area contributed by atoms with E-state index in [9.17, 15) is 0 Å². The topological polar surface area (TPSA) is 0 Å². The molecule has 0 N–H and O–H groups in total. The van der Waals surface area contributed by atoms with Gasteiger partial charge in [0.25, 0.3) is 0 Å². The second kappa shape index (κ2) is 3.75. The van der Waals surface area contributed by atoms with E-state index in [0.717, 1.165) is 17.8 Å². The van der Waals surface area contributed by atoms with Crippen molar-refractivity contribution in [3.8, 4) is 0 Å². The van der Waals surface area contributed by atoms with Crippen molar-refractivity contribution in [1.29, 1.82) is 0 Å². The number of hydrogen-bond donors (Lipinski definition) is 0. The summed E-state index contributed by atoms with van der Waals surface area (Å²) in [5.74, 6) is 2.98. The quantitative estimate of drug-likeness (QED) is 0.562. The van der Waals surface area contributed by atoms with E-state index >= 15 is 0 Å². The third-order valence-corrected chi connectivity index (χ3v) is 7.31.